The number of hydrogen-bond acceptors (Lipinski definition) is 6. The molecule has 2 aliphatic rings. The number of likely N-dealkylation sites (tertiary alicyclic amines) is 1. The van der Waals surface area contributed by atoms with Crippen molar-refractivity contribution in [2.75, 3.05) is 46.0 Å². The highest BCUT2D eigenvalue weighted by atomic mass is 32.2. The highest BCUT2D eigenvalue weighted by Crippen LogP contribution is 2.21. The second-order valence-corrected chi connectivity index (χ2v) is 9.80. The quantitative estimate of drug-likeness (QED) is 0.663. The molecule has 2 heterocycles. The van der Waals surface area contributed by atoms with Crippen molar-refractivity contribution in [2.45, 2.75) is 25.2 Å². The Morgan fingerprint density at radius 2 is 1.66 bits per heavy atom. The van der Waals surface area contributed by atoms with E-state index in [1.54, 1.807) is 4.90 Å². The molecule has 2 fully saturated rings. The van der Waals surface area contributed by atoms with Crippen molar-refractivity contribution in [3.8, 4) is 0 Å². The van der Waals surface area contributed by atoms with Gasteiger partial charge in [-0.3, -0.25) is 4.79 Å². The fourth-order valence-electron chi connectivity index (χ4n) is 3.87. The summed E-state index contributed by atoms with van der Waals surface area (Å²) in [6, 6.07) is 5.59. The third-order valence-electron chi connectivity index (χ3n) is 5.25. The van der Waals surface area contributed by atoms with Crippen molar-refractivity contribution in [1.82, 2.24) is 9.21 Å². The summed E-state index contributed by atoms with van der Waals surface area (Å²) < 4.78 is 36.9. The van der Waals surface area contributed by atoms with Gasteiger partial charge in [0.25, 0.3) is 5.91 Å². The van der Waals surface area contributed by atoms with Crippen LogP contribution in [-0.2, 0) is 24.3 Å². The SMILES string of the molecule is C[C@H]1C[C@H](C)CN(C(=O)COC(=O)c2ccc(S(=O)(=O)N3CCOCC3)cc2)C1. The summed E-state index contributed by atoms with van der Waals surface area (Å²) in [7, 11) is -3.61. The first kappa shape index (κ1) is 21.7. The molecule has 2 aliphatic heterocycles. The second kappa shape index (κ2) is 9.23. The van der Waals surface area contributed by atoms with Crippen molar-refractivity contribution in [2.24, 2.45) is 11.8 Å². The number of hydrogen-bond donors (Lipinski definition) is 0. The lowest BCUT2D eigenvalue weighted by Gasteiger charge is -2.34. The summed E-state index contributed by atoms with van der Waals surface area (Å²) in [5.74, 6) is 0.00812. The standard InChI is InChI=1S/C20H28N2O6S/c1-15-11-16(2)13-21(12-15)19(23)14-28-20(24)17-3-5-18(6-4-17)29(25,26)22-7-9-27-10-8-22/h3-6,15-16H,7-14H2,1-2H3/t15-,16-/m0/s1. The number of amides is 1. The van der Waals surface area contributed by atoms with Crippen molar-refractivity contribution in [3.63, 3.8) is 0 Å². The molecule has 1 amide bonds. The van der Waals surface area contributed by atoms with Gasteiger partial charge in [-0.1, -0.05) is 13.8 Å². The molecular formula is C20H28N2O6S. The van der Waals surface area contributed by atoms with Crippen LogP contribution in [0.3, 0.4) is 0 Å². The summed E-state index contributed by atoms with van der Waals surface area (Å²) in [4.78, 5) is 26.4. The normalized spacial score (nSPS) is 23.6. The molecule has 29 heavy (non-hydrogen) atoms. The van der Waals surface area contributed by atoms with Gasteiger partial charge in [0.1, 0.15) is 0 Å². The summed E-state index contributed by atoms with van der Waals surface area (Å²) in [6.45, 7) is 6.60. The molecule has 0 aliphatic carbocycles. The molecule has 160 valence electrons. The fourth-order valence-corrected chi connectivity index (χ4v) is 5.28. The zero-order chi connectivity index (χ0) is 21.0. The van der Waals surface area contributed by atoms with Crippen molar-refractivity contribution < 1.29 is 27.5 Å². The van der Waals surface area contributed by atoms with E-state index in [1.165, 1.54) is 28.6 Å². The van der Waals surface area contributed by atoms with Crippen LogP contribution in [0.25, 0.3) is 0 Å². The van der Waals surface area contributed by atoms with Gasteiger partial charge in [-0.25, -0.2) is 13.2 Å². The molecule has 2 atom stereocenters. The summed E-state index contributed by atoms with van der Waals surface area (Å²) in [6.07, 6.45) is 1.09. The first-order chi connectivity index (χ1) is 13.8. The van der Waals surface area contributed by atoms with Crippen LogP contribution in [0.15, 0.2) is 29.2 Å². The Bertz CT molecular complexity index is 823. The molecule has 3 rings (SSSR count). The molecule has 1 aromatic rings. The average molecular weight is 425 g/mol. The molecule has 0 spiro atoms. The van der Waals surface area contributed by atoms with E-state index in [2.05, 4.69) is 13.8 Å². The zero-order valence-corrected chi connectivity index (χ0v) is 17.7. The third-order valence-corrected chi connectivity index (χ3v) is 7.16. The number of carbonyl (C=O) groups is 2. The predicted octanol–water partition coefficient (Wildman–Crippen LogP) is 1.37. The van der Waals surface area contributed by atoms with Gasteiger partial charge in [0.15, 0.2) is 6.61 Å². The summed E-state index contributed by atoms with van der Waals surface area (Å²) in [5.41, 5.74) is 0.208. The monoisotopic (exact) mass is 424 g/mol. The second-order valence-electron chi connectivity index (χ2n) is 7.86. The molecule has 0 aromatic heterocycles. The fraction of sp³-hybridized carbons (Fsp3) is 0.600. The topological polar surface area (TPSA) is 93.2 Å². The smallest absolute Gasteiger partial charge is 0.338 e. The van der Waals surface area contributed by atoms with E-state index in [0.29, 0.717) is 51.2 Å². The largest absolute Gasteiger partial charge is 0.452 e. The molecule has 1 aromatic carbocycles. The van der Waals surface area contributed by atoms with Gasteiger partial charge in [0.2, 0.25) is 10.0 Å². The number of sulfonamides is 1. The van der Waals surface area contributed by atoms with E-state index in [-0.39, 0.29) is 23.0 Å². The Balaban J connectivity index is 1.57. The van der Waals surface area contributed by atoms with Gasteiger partial charge in [-0.15, -0.1) is 0 Å². The van der Waals surface area contributed by atoms with E-state index in [4.69, 9.17) is 9.47 Å². The minimum atomic E-state index is -3.61. The maximum Gasteiger partial charge on any atom is 0.338 e. The number of benzene rings is 1. The van der Waals surface area contributed by atoms with Crippen LogP contribution in [0, 0.1) is 11.8 Å². The van der Waals surface area contributed by atoms with Gasteiger partial charge in [0.05, 0.1) is 23.7 Å². The van der Waals surface area contributed by atoms with Crippen LogP contribution >= 0.6 is 0 Å². The predicted molar refractivity (Wildman–Crippen MR) is 106 cm³/mol. The maximum atomic E-state index is 12.6. The Kier molecular flexibility index (Phi) is 6.92. The van der Waals surface area contributed by atoms with Crippen LogP contribution in [0.4, 0.5) is 0 Å². The molecule has 0 N–H and O–H groups in total. The van der Waals surface area contributed by atoms with E-state index in [0.717, 1.165) is 6.42 Å². The lowest BCUT2D eigenvalue weighted by Crippen LogP contribution is -2.44. The Morgan fingerprint density at radius 1 is 1.07 bits per heavy atom. The summed E-state index contributed by atoms with van der Waals surface area (Å²) >= 11 is 0. The number of rotatable bonds is 5. The van der Waals surface area contributed by atoms with Gasteiger partial charge >= 0.3 is 5.97 Å². The van der Waals surface area contributed by atoms with E-state index < -0.39 is 16.0 Å². The highest BCUT2D eigenvalue weighted by molar-refractivity contribution is 7.89. The zero-order valence-electron chi connectivity index (χ0n) is 16.9. The number of carbonyl (C=O) groups excluding carboxylic acids is 2. The van der Waals surface area contributed by atoms with Crippen LogP contribution < -0.4 is 0 Å². The Hall–Kier alpha value is -1.97. The number of esters is 1. The lowest BCUT2D eigenvalue weighted by molar-refractivity contribution is -0.137. The van der Waals surface area contributed by atoms with Gasteiger partial charge in [0, 0.05) is 26.2 Å². The van der Waals surface area contributed by atoms with E-state index >= 15 is 0 Å². The minimum Gasteiger partial charge on any atom is -0.452 e. The van der Waals surface area contributed by atoms with Gasteiger partial charge in [-0.2, -0.15) is 4.31 Å². The maximum absolute atomic E-state index is 12.6. The van der Waals surface area contributed by atoms with Crippen LogP contribution in [0.2, 0.25) is 0 Å². The van der Waals surface area contributed by atoms with Crippen LogP contribution in [0.1, 0.15) is 30.6 Å². The molecule has 0 radical (unpaired) electrons. The molecule has 0 bridgehead atoms. The first-order valence-electron chi connectivity index (χ1n) is 9.90. The molecular weight excluding hydrogens is 396 g/mol. The van der Waals surface area contributed by atoms with Crippen LogP contribution in [-0.4, -0.2) is 75.5 Å². The van der Waals surface area contributed by atoms with E-state index in [9.17, 15) is 18.0 Å². The number of morpholine rings is 1. The summed E-state index contributed by atoms with van der Waals surface area (Å²) in [5, 5.41) is 0. The van der Waals surface area contributed by atoms with Crippen molar-refractivity contribution in [1.29, 1.82) is 0 Å². The highest BCUT2D eigenvalue weighted by Gasteiger charge is 2.27. The van der Waals surface area contributed by atoms with Gasteiger partial charge < -0.3 is 14.4 Å². The molecule has 8 nitrogen and oxygen atoms in total. The number of piperidine rings is 1. The number of nitrogens with zero attached hydrogens (tertiary/aromatic N) is 2. The van der Waals surface area contributed by atoms with Crippen molar-refractivity contribution >= 4 is 21.9 Å². The Labute approximate surface area is 171 Å². The minimum absolute atomic E-state index is 0.114. The average Bonchev–Trinajstić information content (AvgIpc) is 2.71. The molecule has 9 heteroatoms. The lowest BCUT2D eigenvalue weighted by atomic mass is 9.92. The van der Waals surface area contributed by atoms with E-state index in [1.807, 2.05) is 0 Å². The number of ether oxygens (including phenoxy) is 2. The molecule has 2 saturated heterocycles. The Morgan fingerprint density at radius 3 is 2.24 bits per heavy atom. The van der Waals surface area contributed by atoms with Crippen LogP contribution in [0.5, 0.6) is 0 Å². The third kappa shape index (κ3) is 5.34. The molecule has 0 saturated carbocycles. The molecule has 0 unspecified atom stereocenters. The first-order valence-corrected chi connectivity index (χ1v) is 11.3. The van der Waals surface area contributed by atoms with Crippen molar-refractivity contribution in [3.05, 3.63) is 29.8 Å². The van der Waals surface area contributed by atoms with Gasteiger partial charge in [-0.05, 0) is 42.5 Å².